The third-order valence-corrected chi connectivity index (χ3v) is 3.73. The Balaban J connectivity index is 1.88. The van der Waals surface area contributed by atoms with Crippen molar-refractivity contribution >= 4 is 5.96 Å². The number of ether oxygens (including phenoxy) is 1. The number of benzene rings is 2. The van der Waals surface area contributed by atoms with Gasteiger partial charge in [0.05, 0.1) is 12.2 Å². The molecule has 0 aliphatic carbocycles. The van der Waals surface area contributed by atoms with E-state index in [1.54, 1.807) is 20.2 Å². The molecule has 26 heavy (non-hydrogen) atoms. The molecule has 140 valence electrons. The summed E-state index contributed by atoms with van der Waals surface area (Å²) in [6.07, 6.45) is -4.34. The van der Waals surface area contributed by atoms with Crippen LogP contribution in [-0.2, 0) is 30.6 Å². The first-order valence-corrected chi connectivity index (χ1v) is 8.10. The van der Waals surface area contributed by atoms with Crippen LogP contribution in [0.3, 0.4) is 0 Å². The summed E-state index contributed by atoms with van der Waals surface area (Å²) >= 11 is 0. The number of guanidine groups is 1. The lowest BCUT2D eigenvalue weighted by Gasteiger charge is -2.13. The molecule has 0 heterocycles. The number of aliphatic imine (C=N–C) groups is 1. The van der Waals surface area contributed by atoms with Crippen molar-refractivity contribution in [3.63, 3.8) is 0 Å². The van der Waals surface area contributed by atoms with Gasteiger partial charge in [0.15, 0.2) is 5.96 Å². The quantitative estimate of drug-likeness (QED) is 0.606. The maximum atomic E-state index is 12.8. The van der Waals surface area contributed by atoms with Gasteiger partial charge in [-0.05, 0) is 28.8 Å². The van der Waals surface area contributed by atoms with Gasteiger partial charge >= 0.3 is 6.18 Å². The number of nitrogens with zero attached hydrogens (tertiary/aromatic N) is 1. The molecule has 0 aliphatic heterocycles. The van der Waals surface area contributed by atoms with Crippen molar-refractivity contribution in [1.82, 2.24) is 10.6 Å². The molecule has 0 atom stereocenters. The van der Waals surface area contributed by atoms with Crippen LogP contribution >= 0.6 is 0 Å². The molecule has 0 amide bonds. The van der Waals surface area contributed by atoms with Gasteiger partial charge < -0.3 is 15.4 Å². The molecular formula is C19H22F3N3O. The van der Waals surface area contributed by atoms with Crippen LogP contribution in [0.15, 0.2) is 53.5 Å². The first-order valence-electron chi connectivity index (χ1n) is 8.10. The van der Waals surface area contributed by atoms with Crippen LogP contribution in [-0.4, -0.2) is 20.1 Å². The average molecular weight is 365 g/mol. The molecule has 2 rings (SSSR count). The minimum Gasteiger partial charge on any atom is -0.380 e. The highest BCUT2D eigenvalue weighted by Crippen LogP contribution is 2.29. The zero-order chi connectivity index (χ0) is 19.0. The van der Waals surface area contributed by atoms with Crippen molar-refractivity contribution in [2.45, 2.75) is 25.9 Å². The molecule has 2 N–H and O–H groups in total. The van der Waals surface area contributed by atoms with E-state index in [1.807, 2.05) is 24.3 Å². The van der Waals surface area contributed by atoms with Gasteiger partial charge in [-0.25, -0.2) is 0 Å². The number of alkyl halides is 3. The molecule has 4 nitrogen and oxygen atoms in total. The van der Waals surface area contributed by atoms with E-state index < -0.39 is 11.7 Å². The van der Waals surface area contributed by atoms with E-state index in [0.29, 0.717) is 24.7 Å². The summed E-state index contributed by atoms with van der Waals surface area (Å²) < 4.78 is 43.3. The SMILES string of the molecule is CN=C(NCc1ccc(COC)cc1)NCc1cccc(C(F)(F)F)c1. The van der Waals surface area contributed by atoms with Gasteiger partial charge in [-0.15, -0.1) is 0 Å². The minimum absolute atomic E-state index is 0.246. The summed E-state index contributed by atoms with van der Waals surface area (Å²) in [5.74, 6) is 0.517. The fourth-order valence-corrected chi connectivity index (χ4v) is 2.37. The van der Waals surface area contributed by atoms with E-state index >= 15 is 0 Å². The van der Waals surface area contributed by atoms with Gasteiger partial charge in [-0.2, -0.15) is 13.2 Å². The van der Waals surface area contributed by atoms with E-state index in [4.69, 9.17) is 4.74 Å². The number of rotatable bonds is 6. The van der Waals surface area contributed by atoms with Crippen molar-refractivity contribution in [2.75, 3.05) is 14.2 Å². The van der Waals surface area contributed by atoms with Crippen LogP contribution in [0.1, 0.15) is 22.3 Å². The van der Waals surface area contributed by atoms with E-state index in [-0.39, 0.29) is 6.54 Å². The number of methoxy groups -OCH3 is 1. The van der Waals surface area contributed by atoms with Crippen LogP contribution in [0, 0.1) is 0 Å². The monoisotopic (exact) mass is 365 g/mol. The number of hydrogen-bond donors (Lipinski definition) is 2. The van der Waals surface area contributed by atoms with Crippen LogP contribution in [0.4, 0.5) is 13.2 Å². The smallest absolute Gasteiger partial charge is 0.380 e. The minimum atomic E-state index is -4.34. The third-order valence-electron chi connectivity index (χ3n) is 3.73. The Morgan fingerprint density at radius 3 is 2.15 bits per heavy atom. The van der Waals surface area contributed by atoms with Gasteiger partial charge in [0.25, 0.3) is 0 Å². The predicted octanol–water partition coefficient (Wildman–Crippen LogP) is 3.72. The van der Waals surface area contributed by atoms with E-state index in [0.717, 1.165) is 23.3 Å². The maximum absolute atomic E-state index is 12.8. The second kappa shape index (κ2) is 9.24. The van der Waals surface area contributed by atoms with Gasteiger partial charge in [-0.1, -0.05) is 36.4 Å². The molecule has 2 aromatic rings. The Kier molecular flexibility index (Phi) is 7.03. The first-order chi connectivity index (χ1) is 12.4. The molecule has 0 radical (unpaired) electrons. The Morgan fingerprint density at radius 2 is 1.58 bits per heavy atom. The lowest BCUT2D eigenvalue weighted by Crippen LogP contribution is -2.36. The number of hydrogen-bond acceptors (Lipinski definition) is 2. The largest absolute Gasteiger partial charge is 0.416 e. The maximum Gasteiger partial charge on any atom is 0.416 e. The number of halogens is 3. The first kappa shape index (κ1) is 19.8. The van der Waals surface area contributed by atoms with E-state index in [2.05, 4.69) is 15.6 Å². The zero-order valence-electron chi connectivity index (χ0n) is 14.7. The molecule has 0 saturated carbocycles. The molecule has 0 fully saturated rings. The van der Waals surface area contributed by atoms with Gasteiger partial charge in [0.1, 0.15) is 0 Å². The van der Waals surface area contributed by atoms with Crippen molar-refractivity contribution in [3.8, 4) is 0 Å². The molecule has 7 heteroatoms. The summed E-state index contributed by atoms with van der Waals surface area (Å²) in [5.41, 5.74) is 2.03. The molecule has 0 aromatic heterocycles. The second-order valence-electron chi connectivity index (χ2n) is 5.73. The average Bonchev–Trinajstić information content (AvgIpc) is 2.63. The molecule has 2 aromatic carbocycles. The summed E-state index contributed by atoms with van der Waals surface area (Å²) in [5, 5.41) is 6.16. The highest BCUT2D eigenvalue weighted by molar-refractivity contribution is 5.79. The van der Waals surface area contributed by atoms with Gasteiger partial charge in [0, 0.05) is 27.2 Å². The molecular weight excluding hydrogens is 343 g/mol. The highest BCUT2D eigenvalue weighted by atomic mass is 19.4. The highest BCUT2D eigenvalue weighted by Gasteiger charge is 2.30. The van der Waals surface area contributed by atoms with Crippen LogP contribution < -0.4 is 10.6 Å². The van der Waals surface area contributed by atoms with E-state index in [1.165, 1.54) is 6.07 Å². The molecule has 0 bridgehead atoms. The number of nitrogens with one attached hydrogen (secondary N) is 2. The van der Waals surface area contributed by atoms with Crippen LogP contribution in [0.5, 0.6) is 0 Å². The summed E-state index contributed by atoms with van der Waals surface area (Å²) in [4.78, 5) is 4.09. The summed E-state index contributed by atoms with van der Waals surface area (Å²) in [6.45, 7) is 1.36. The molecule has 0 aliphatic rings. The van der Waals surface area contributed by atoms with Gasteiger partial charge in [-0.3, -0.25) is 4.99 Å². The summed E-state index contributed by atoms with van der Waals surface area (Å²) in [6, 6.07) is 13.2. The van der Waals surface area contributed by atoms with E-state index in [9.17, 15) is 13.2 Å². The fraction of sp³-hybridized carbons (Fsp3) is 0.316. The lowest BCUT2D eigenvalue weighted by atomic mass is 10.1. The Labute approximate surface area is 151 Å². The molecule has 0 spiro atoms. The van der Waals surface area contributed by atoms with Crippen LogP contribution in [0.25, 0.3) is 0 Å². The lowest BCUT2D eigenvalue weighted by molar-refractivity contribution is -0.137. The van der Waals surface area contributed by atoms with Crippen LogP contribution in [0.2, 0.25) is 0 Å². The Morgan fingerprint density at radius 1 is 0.962 bits per heavy atom. The standard InChI is InChI=1S/C19H22F3N3O/c1-23-18(24-11-14-6-8-15(9-7-14)13-26-2)25-12-16-4-3-5-17(10-16)19(20,21)22/h3-10H,11-13H2,1-2H3,(H2,23,24,25). The molecule has 0 unspecified atom stereocenters. The topological polar surface area (TPSA) is 45.7 Å². The van der Waals surface area contributed by atoms with Crippen molar-refractivity contribution in [3.05, 3.63) is 70.8 Å². The Hall–Kier alpha value is -2.54. The second-order valence-corrected chi connectivity index (χ2v) is 5.73. The Bertz CT molecular complexity index is 728. The van der Waals surface area contributed by atoms with Crippen molar-refractivity contribution in [1.29, 1.82) is 0 Å². The van der Waals surface area contributed by atoms with Gasteiger partial charge in [0.2, 0.25) is 0 Å². The van der Waals surface area contributed by atoms with Crippen molar-refractivity contribution < 1.29 is 17.9 Å². The summed E-state index contributed by atoms with van der Waals surface area (Å²) in [7, 11) is 3.26. The third kappa shape index (κ3) is 6.07. The molecule has 0 saturated heterocycles. The van der Waals surface area contributed by atoms with Crippen molar-refractivity contribution in [2.24, 2.45) is 4.99 Å². The fourth-order valence-electron chi connectivity index (χ4n) is 2.37. The zero-order valence-corrected chi connectivity index (χ0v) is 14.7. The normalized spacial score (nSPS) is 12.1. The predicted molar refractivity (Wildman–Crippen MR) is 95.6 cm³/mol.